The number of rotatable bonds is 2. The van der Waals surface area contributed by atoms with Crippen molar-refractivity contribution in [1.82, 2.24) is 0 Å². The summed E-state index contributed by atoms with van der Waals surface area (Å²) in [6.07, 6.45) is 7.15. The zero-order valence-corrected chi connectivity index (χ0v) is 16.2. The molecule has 0 fully saturated rings. The third-order valence-electron chi connectivity index (χ3n) is 5.60. The Morgan fingerprint density at radius 3 is 2.33 bits per heavy atom. The van der Waals surface area contributed by atoms with Crippen LogP contribution in [0.2, 0.25) is 0 Å². The van der Waals surface area contributed by atoms with E-state index in [4.69, 9.17) is 4.42 Å². The molecule has 2 aliphatic carbocycles. The molecule has 0 bridgehead atoms. The van der Waals surface area contributed by atoms with Gasteiger partial charge in [0.15, 0.2) is 11.6 Å². The van der Waals surface area contributed by atoms with Crippen molar-refractivity contribution in [1.29, 1.82) is 0 Å². The smallest absolute Gasteiger partial charge is 0.345 e. The zero-order chi connectivity index (χ0) is 20.8. The molecule has 0 spiro atoms. The van der Waals surface area contributed by atoms with Gasteiger partial charge in [0.25, 0.3) is 0 Å². The lowest BCUT2D eigenvalue weighted by Gasteiger charge is -2.28. The molecule has 0 amide bonds. The van der Waals surface area contributed by atoms with Gasteiger partial charge in [0.1, 0.15) is 5.58 Å². The lowest BCUT2D eigenvalue weighted by atomic mass is 9.72. The number of carbonyl (C=O) groups is 2. The summed E-state index contributed by atoms with van der Waals surface area (Å²) in [4.78, 5) is 42.7. The molecule has 1 heterocycles. The van der Waals surface area contributed by atoms with Gasteiger partial charge in [0.05, 0.1) is 28.8 Å². The van der Waals surface area contributed by atoms with Gasteiger partial charge < -0.3 is 4.42 Å². The fraction of sp³-hybridized carbons (Fsp3) is 0.120. The topological polar surface area (TPSA) is 76.7 Å². The number of carbonyl (C=O) groups excluding carboxylic acids is 2. The van der Waals surface area contributed by atoms with Gasteiger partial charge in [-0.3, -0.25) is 14.6 Å². The molecule has 0 N–H and O–H groups in total. The minimum absolute atomic E-state index is 0.0578. The highest BCUT2D eigenvalue weighted by Gasteiger charge is 2.39. The Labute approximate surface area is 172 Å². The summed E-state index contributed by atoms with van der Waals surface area (Å²) in [6.45, 7) is 1.72. The number of ketones is 2. The van der Waals surface area contributed by atoms with Crippen molar-refractivity contribution in [2.45, 2.75) is 6.92 Å². The van der Waals surface area contributed by atoms with Crippen LogP contribution in [0.25, 0.3) is 11.0 Å². The fourth-order valence-corrected chi connectivity index (χ4v) is 4.06. The van der Waals surface area contributed by atoms with Gasteiger partial charge >= 0.3 is 5.63 Å². The Morgan fingerprint density at radius 1 is 0.867 bits per heavy atom. The van der Waals surface area contributed by atoms with Crippen molar-refractivity contribution in [2.24, 2.45) is 16.8 Å². The van der Waals surface area contributed by atoms with Gasteiger partial charge in [0.2, 0.25) is 0 Å². The highest BCUT2D eigenvalue weighted by molar-refractivity contribution is 6.18. The Morgan fingerprint density at radius 2 is 1.57 bits per heavy atom. The highest BCUT2D eigenvalue weighted by Crippen LogP contribution is 2.35. The second-order valence-electron chi connectivity index (χ2n) is 7.46. The summed E-state index contributed by atoms with van der Waals surface area (Å²) in [5.74, 6) is -1.05. The van der Waals surface area contributed by atoms with Crippen LogP contribution in [0.1, 0.15) is 33.2 Å². The standard InChI is InChI=1S/C25H17NO4/c1-14(20-12-15-6-2-5-9-22(15)30-25(20)29)26-16-10-11-19-21(13-16)24(28)18-8-4-3-7-17(18)23(19)27/h2-13,17-18H,1H3/t17-,18+/m0/s1. The Kier molecular flexibility index (Phi) is 4.17. The predicted octanol–water partition coefficient (Wildman–Crippen LogP) is 4.67. The molecule has 2 atom stereocenters. The molecule has 5 heteroatoms. The van der Waals surface area contributed by atoms with Crippen LogP contribution in [0.5, 0.6) is 0 Å². The molecule has 3 aromatic rings. The Bertz CT molecular complexity index is 1370. The van der Waals surface area contributed by atoms with Crippen LogP contribution in [0.4, 0.5) is 5.69 Å². The number of Topliss-reactive ketones (excluding diaryl/α,β-unsaturated/α-hetero) is 2. The summed E-state index contributed by atoms with van der Waals surface area (Å²) < 4.78 is 5.38. The third kappa shape index (κ3) is 2.87. The van der Waals surface area contributed by atoms with Crippen molar-refractivity contribution in [3.05, 3.63) is 99.9 Å². The number of para-hydroxylation sites is 1. The van der Waals surface area contributed by atoms with E-state index in [0.29, 0.717) is 33.7 Å². The first-order chi connectivity index (χ1) is 14.5. The molecular weight excluding hydrogens is 378 g/mol. The lowest BCUT2D eigenvalue weighted by Crippen LogP contribution is -2.35. The van der Waals surface area contributed by atoms with E-state index in [0.717, 1.165) is 5.39 Å². The maximum atomic E-state index is 13.0. The van der Waals surface area contributed by atoms with Gasteiger partial charge in [-0.05, 0) is 37.3 Å². The summed E-state index contributed by atoms with van der Waals surface area (Å²) in [6, 6.07) is 14.0. The number of allylic oxidation sites excluding steroid dienone is 4. The number of nitrogens with zero attached hydrogens (tertiary/aromatic N) is 1. The van der Waals surface area contributed by atoms with Crippen molar-refractivity contribution >= 4 is 33.9 Å². The monoisotopic (exact) mass is 395 g/mol. The second-order valence-corrected chi connectivity index (χ2v) is 7.46. The zero-order valence-electron chi connectivity index (χ0n) is 16.2. The molecule has 0 saturated carbocycles. The van der Waals surface area contributed by atoms with E-state index in [2.05, 4.69) is 4.99 Å². The van der Waals surface area contributed by atoms with Crippen molar-refractivity contribution in [3.8, 4) is 0 Å². The van der Waals surface area contributed by atoms with Crippen molar-refractivity contribution in [3.63, 3.8) is 0 Å². The number of aliphatic imine (C=N–C) groups is 1. The van der Waals surface area contributed by atoms with E-state index in [9.17, 15) is 14.4 Å². The van der Waals surface area contributed by atoms with Gasteiger partial charge in [-0.15, -0.1) is 0 Å². The molecule has 0 radical (unpaired) electrons. The summed E-state index contributed by atoms with van der Waals surface area (Å²) in [5, 5.41) is 0.802. The molecule has 5 rings (SSSR count). The van der Waals surface area contributed by atoms with Crippen LogP contribution < -0.4 is 5.63 Å². The quantitative estimate of drug-likeness (QED) is 0.467. The van der Waals surface area contributed by atoms with Crippen LogP contribution in [-0.4, -0.2) is 17.3 Å². The Hall–Kier alpha value is -3.86. The van der Waals surface area contributed by atoms with Gasteiger partial charge in [-0.2, -0.15) is 0 Å². The van der Waals surface area contributed by atoms with Crippen LogP contribution in [-0.2, 0) is 0 Å². The maximum absolute atomic E-state index is 13.0. The SMILES string of the molecule is CC(=Nc1ccc2c(c1)C(=O)[C@@H]1C=CC=C[C@@H]1C2=O)c1cc2ccccc2oc1=O. The number of hydrogen-bond acceptors (Lipinski definition) is 5. The molecule has 30 heavy (non-hydrogen) atoms. The van der Waals surface area contributed by atoms with Gasteiger partial charge in [-0.1, -0.05) is 42.5 Å². The average Bonchev–Trinajstić information content (AvgIpc) is 2.77. The van der Waals surface area contributed by atoms with E-state index in [1.54, 1.807) is 67.6 Å². The minimum atomic E-state index is -0.471. The van der Waals surface area contributed by atoms with Crippen molar-refractivity contribution in [2.75, 3.05) is 0 Å². The molecule has 146 valence electrons. The molecular formula is C25H17NO4. The lowest BCUT2D eigenvalue weighted by molar-refractivity contribution is 0.0801. The van der Waals surface area contributed by atoms with E-state index < -0.39 is 17.5 Å². The maximum Gasteiger partial charge on any atom is 0.345 e. The van der Waals surface area contributed by atoms with Crippen LogP contribution in [0.3, 0.4) is 0 Å². The molecule has 2 aromatic carbocycles. The molecule has 0 saturated heterocycles. The normalized spacial score (nSPS) is 20.4. The largest absolute Gasteiger partial charge is 0.422 e. The summed E-state index contributed by atoms with van der Waals surface area (Å²) in [5.41, 5.74) is 2.18. The highest BCUT2D eigenvalue weighted by atomic mass is 16.4. The predicted molar refractivity (Wildman–Crippen MR) is 115 cm³/mol. The van der Waals surface area contributed by atoms with Crippen LogP contribution in [0.15, 0.2) is 87.0 Å². The number of fused-ring (bicyclic) bond motifs is 3. The second kappa shape index (κ2) is 6.88. The molecule has 5 nitrogen and oxygen atoms in total. The first-order valence-corrected chi connectivity index (χ1v) is 9.69. The number of benzene rings is 2. The van der Waals surface area contributed by atoms with E-state index in [-0.39, 0.29) is 11.6 Å². The van der Waals surface area contributed by atoms with E-state index in [1.165, 1.54) is 0 Å². The molecule has 0 aliphatic heterocycles. The third-order valence-corrected chi connectivity index (χ3v) is 5.60. The average molecular weight is 395 g/mol. The minimum Gasteiger partial charge on any atom is -0.422 e. The molecule has 1 aromatic heterocycles. The number of hydrogen-bond donors (Lipinski definition) is 0. The molecule has 0 unspecified atom stereocenters. The van der Waals surface area contributed by atoms with Crippen molar-refractivity contribution < 1.29 is 14.0 Å². The van der Waals surface area contributed by atoms with E-state index >= 15 is 0 Å². The van der Waals surface area contributed by atoms with Crippen LogP contribution in [0, 0.1) is 11.8 Å². The summed E-state index contributed by atoms with van der Waals surface area (Å²) >= 11 is 0. The van der Waals surface area contributed by atoms with Crippen LogP contribution >= 0.6 is 0 Å². The first kappa shape index (κ1) is 18.2. The van der Waals surface area contributed by atoms with E-state index in [1.807, 2.05) is 12.1 Å². The Balaban J connectivity index is 1.57. The molecule has 2 aliphatic rings. The fourth-order valence-electron chi connectivity index (χ4n) is 4.06. The summed E-state index contributed by atoms with van der Waals surface area (Å²) in [7, 11) is 0. The first-order valence-electron chi connectivity index (χ1n) is 9.69. The van der Waals surface area contributed by atoms with Gasteiger partial charge in [-0.25, -0.2) is 4.79 Å². The van der Waals surface area contributed by atoms with Gasteiger partial charge in [0, 0.05) is 16.5 Å².